The monoisotopic (exact) mass is 565 g/mol. The molecule has 11 heteroatoms. The highest BCUT2D eigenvalue weighted by Gasteiger charge is 2.49. The lowest BCUT2D eigenvalue weighted by Crippen LogP contribution is -2.63. The Morgan fingerprint density at radius 1 is 0.973 bits per heavy atom. The van der Waals surface area contributed by atoms with Crippen LogP contribution in [0.4, 0.5) is 8.78 Å². The Morgan fingerprint density at radius 2 is 1.73 bits per heavy atom. The minimum atomic E-state index is -3.67. The fraction of sp³-hybridized carbons (Fsp3) is 0.962. The summed E-state index contributed by atoms with van der Waals surface area (Å²) in [5.41, 5.74) is 0. The van der Waals surface area contributed by atoms with E-state index in [0.717, 1.165) is 6.54 Å². The van der Waals surface area contributed by atoms with Crippen LogP contribution in [0.5, 0.6) is 0 Å². The molecule has 1 aliphatic heterocycles. The molecule has 37 heavy (non-hydrogen) atoms. The lowest BCUT2D eigenvalue weighted by molar-refractivity contribution is -0.132. The molecule has 7 atom stereocenters. The number of carbonyl (C=O) groups is 1. The molecule has 0 bridgehead atoms. The van der Waals surface area contributed by atoms with Crippen LogP contribution in [0.2, 0.25) is 0 Å². The van der Waals surface area contributed by atoms with Crippen LogP contribution in [-0.4, -0.2) is 85.5 Å². The van der Waals surface area contributed by atoms with Gasteiger partial charge in [-0.2, -0.15) is 4.31 Å². The first-order valence-corrected chi connectivity index (χ1v) is 16.3. The highest BCUT2D eigenvalue weighted by atomic mass is 35.5. The van der Waals surface area contributed by atoms with Gasteiger partial charge in [-0.25, -0.2) is 17.2 Å². The molecule has 0 spiro atoms. The number of hydrogen-bond acceptors (Lipinski definition) is 5. The maximum absolute atomic E-state index is 14.5. The number of ether oxygens (including phenoxy) is 1. The second kappa shape index (κ2) is 11.9. The van der Waals surface area contributed by atoms with Crippen molar-refractivity contribution < 1.29 is 26.7 Å². The molecule has 1 heterocycles. The number of nitrogens with zero attached hydrogens (tertiary/aromatic N) is 1. The van der Waals surface area contributed by atoms with Gasteiger partial charge in [-0.15, -0.1) is 11.6 Å². The zero-order chi connectivity index (χ0) is 26.2. The summed E-state index contributed by atoms with van der Waals surface area (Å²) in [5, 5.41) is 5.34. The zero-order valence-corrected chi connectivity index (χ0v) is 23.1. The Morgan fingerprint density at radius 3 is 2.43 bits per heavy atom. The fourth-order valence-electron chi connectivity index (χ4n) is 6.74. The average molecular weight is 566 g/mol. The number of alkyl halides is 3. The number of sulfonamides is 1. The Kier molecular flexibility index (Phi) is 9.01. The van der Waals surface area contributed by atoms with E-state index in [1.54, 1.807) is 4.31 Å². The molecule has 2 N–H and O–H groups in total. The smallest absolute Gasteiger partial charge is 0.227 e. The van der Waals surface area contributed by atoms with Crippen LogP contribution >= 0.6 is 11.6 Å². The summed E-state index contributed by atoms with van der Waals surface area (Å²) in [4.78, 5) is 13.0. The molecular weight excluding hydrogens is 524 g/mol. The van der Waals surface area contributed by atoms with Crippen molar-refractivity contribution in [2.75, 3.05) is 19.6 Å². The molecule has 7 unspecified atom stereocenters. The van der Waals surface area contributed by atoms with Crippen LogP contribution in [0.1, 0.15) is 77.0 Å². The van der Waals surface area contributed by atoms with Gasteiger partial charge in [0, 0.05) is 24.5 Å². The molecule has 7 nitrogen and oxygen atoms in total. The van der Waals surface area contributed by atoms with Crippen molar-refractivity contribution >= 4 is 27.5 Å². The number of fused-ring (bicyclic) bond motifs is 1. The number of halogens is 3. The third kappa shape index (κ3) is 6.61. The van der Waals surface area contributed by atoms with E-state index in [2.05, 4.69) is 10.6 Å². The first-order valence-electron chi connectivity index (χ1n) is 14.3. The van der Waals surface area contributed by atoms with Crippen molar-refractivity contribution in [3.8, 4) is 0 Å². The van der Waals surface area contributed by atoms with Gasteiger partial charge in [0.1, 0.15) is 12.3 Å². The molecule has 5 aliphatic rings. The highest BCUT2D eigenvalue weighted by molar-refractivity contribution is 7.89. The summed E-state index contributed by atoms with van der Waals surface area (Å²) in [7, 11) is -3.67. The van der Waals surface area contributed by atoms with Crippen molar-refractivity contribution in [2.45, 2.75) is 124 Å². The van der Waals surface area contributed by atoms with E-state index in [1.165, 1.54) is 12.8 Å². The fourth-order valence-corrected chi connectivity index (χ4v) is 9.40. The van der Waals surface area contributed by atoms with Gasteiger partial charge < -0.3 is 15.4 Å². The summed E-state index contributed by atoms with van der Waals surface area (Å²) in [6, 6.07) is -0.662. The normalized spacial score (nSPS) is 41.6. The van der Waals surface area contributed by atoms with E-state index in [0.29, 0.717) is 63.8 Å². The van der Waals surface area contributed by atoms with Crippen LogP contribution in [-0.2, 0) is 19.6 Å². The summed E-state index contributed by atoms with van der Waals surface area (Å²) >= 11 is 6.32. The second-order valence-electron chi connectivity index (χ2n) is 12.0. The average Bonchev–Trinajstić information content (AvgIpc) is 3.68. The summed E-state index contributed by atoms with van der Waals surface area (Å²) in [6.45, 7) is 1.78. The zero-order valence-electron chi connectivity index (χ0n) is 21.5. The highest BCUT2D eigenvalue weighted by Crippen LogP contribution is 2.37. The third-order valence-corrected chi connectivity index (χ3v) is 12.0. The maximum Gasteiger partial charge on any atom is 0.227 e. The topological polar surface area (TPSA) is 87.7 Å². The molecule has 4 aliphatic carbocycles. The van der Waals surface area contributed by atoms with E-state index in [9.17, 15) is 22.0 Å². The molecule has 5 rings (SSSR count). The molecule has 0 radical (unpaired) electrons. The first kappa shape index (κ1) is 28.0. The summed E-state index contributed by atoms with van der Waals surface area (Å²) < 4.78 is 64.1. The molecule has 0 aromatic carbocycles. The van der Waals surface area contributed by atoms with Crippen LogP contribution in [0.3, 0.4) is 0 Å². The van der Waals surface area contributed by atoms with Gasteiger partial charge in [-0.1, -0.05) is 0 Å². The standard InChI is InChI=1S/C26H42ClF2N3O4S/c27-21-2-1-3-22(29)25(21)26(33)31-18-8-11-24-23(12-18)32(15-19(36-24)14-30-13-16-4-5-16)37(34,35)20-9-6-17(28)7-10-20/h16-25,30H,1-15H2,(H,31,33). The molecule has 5 fully saturated rings. The van der Waals surface area contributed by atoms with Crippen molar-refractivity contribution in [3.05, 3.63) is 0 Å². The summed E-state index contributed by atoms with van der Waals surface area (Å²) in [5.74, 6) is -0.523. The lowest BCUT2D eigenvalue weighted by atomic mass is 9.84. The van der Waals surface area contributed by atoms with Crippen LogP contribution in [0.15, 0.2) is 0 Å². The molecule has 0 aromatic heterocycles. The van der Waals surface area contributed by atoms with E-state index in [1.807, 2.05) is 0 Å². The predicted octanol–water partition coefficient (Wildman–Crippen LogP) is 3.45. The quantitative estimate of drug-likeness (QED) is 0.440. The number of hydrogen-bond donors (Lipinski definition) is 2. The van der Waals surface area contributed by atoms with Gasteiger partial charge in [0.15, 0.2) is 0 Å². The van der Waals surface area contributed by atoms with Gasteiger partial charge in [0.05, 0.1) is 29.4 Å². The second-order valence-corrected chi connectivity index (χ2v) is 14.7. The number of amides is 1. The largest absolute Gasteiger partial charge is 0.371 e. The Balaban J connectivity index is 1.28. The number of rotatable bonds is 8. The van der Waals surface area contributed by atoms with Crippen molar-refractivity contribution in [1.29, 1.82) is 0 Å². The SMILES string of the molecule is O=C(NC1CCC2OC(CNCC3CC3)CN(S(=O)(=O)C3CCC(F)CC3)C2C1)C1C(F)CCCC1Cl. The van der Waals surface area contributed by atoms with E-state index in [-0.39, 0.29) is 43.5 Å². The molecule has 0 aromatic rings. The number of morpholine rings is 1. The van der Waals surface area contributed by atoms with E-state index < -0.39 is 45.0 Å². The molecular formula is C26H42ClF2N3O4S. The van der Waals surface area contributed by atoms with Gasteiger partial charge in [-0.3, -0.25) is 4.79 Å². The number of nitrogens with one attached hydrogen (secondary N) is 2. The van der Waals surface area contributed by atoms with E-state index in [4.69, 9.17) is 16.3 Å². The Hall–Kier alpha value is -0.550. The van der Waals surface area contributed by atoms with Gasteiger partial charge >= 0.3 is 0 Å². The molecule has 1 amide bonds. The summed E-state index contributed by atoms with van der Waals surface area (Å²) in [6.07, 6.45) is 4.33. The third-order valence-electron chi connectivity index (χ3n) is 9.12. The molecule has 4 saturated carbocycles. The van der Waals surface area contributed by atoms with Crippen LogP contribution in [0, 0.1) is 11.8 Å². The molecule has 1 saturated heterocycles. The minimum Gasteiger partial charge on any atom is -0.371 e. The Bertz CT molecular complexity index is 892. The minimum absolute atomic E-state index is 0.245. The van der Waals surface area contributed by atoms with Crippen LogP contribution in [0.25, 0.3) is 0 Å². The first-order chi connectivity index (χ1) is 17.7. The van der Waals surface area contributed by atoms with Crippen LogP contribution < -0.4 is 10.6 Å². The van der Waals surface area contributed by atoms with Gasteiger partial charge in [0.2, 0.25) is 15.9 Å². The van der Waals surface area contributed by atoms with Crippen molar-refractivity contribution in [2.24, 2.45) is 11.8 Å². The van der Waals surface area contributed by atoms with E-state index >= 15 is 0 Å². The van der Waals surface area contributed by atoms with Gasteiger partial charge in [0.25, 0.3) is 0 Å². The van der Waals surface area contributed by atoms with Crippen molar-refractivity contribution in [3.63, 3.8) is 0 Å². The number of carbonyl (C=O) groups excluding carboxylic acids is 1. The molecule has 212 valence electrons. The maximum atomic E-state index is 14.5. The van der Waals surface area contributed by atoms with Crippen molar-refractivity contribution in [1.82, 2.24) is 14.9 Å². The Labute approximate surface area is 224 Å². The lowest BCUT2D eigenvalue weighted by Gasteiger charge is -2.49. The van der Waals surface area contributed by atoms with Gasteiger partial charge in [-0.05, 0) is 89.5 Å². The predicted molar refractivity (Wildman–Crippen MR) is 138 cm³/mol.